The normalized spacial score (nSPS) is 18.3. The van der Waals surface area contributed by atoms with Gasteiger partial charge in [-0.2, -0.15) is 0 Å². The number of hydrogen-bond acceptors (Lipinski definition) is 3. The fourth-order valence-electron chi connectivity index (χ4n) is 2.02. The molecule has 18 heavy (non-hydrogen) atoms. The number of pyridine rings is 1. The van der Waals surface area contributed by atoms with Gasteiger partial charge in [0.05, 0.1) is 0 Å². The molecule has 2 heterocycles. The number of nitrogens with zero attached hydrogens (tertiary/aromatic N) is 2. The molecule has 3 heteroatoms. The van der Waals surface area contributed by atoms with Gasteiger partial charge in [0.2, 0.25) is 5.90 Å². The summed E-state index contributed by atoms with van der Waals surface area (Å²) < 4.78 is 5.65. The van der Waals surface area contributed by atoms with Gasteiger partial charge in [0.1, 0.15) is 18.3 Å². The van der Waals surface area contributed by atoms with E-state index in [1.807, 2.05) is 43.3 Å². The number of aromatic nitrogens is 1. The summed E-state index contributed by atoms with van der Waals surface area (Å²) in [5.74, 6) is 0.646. The second-order valence-electron chi connectivity index (χ2n) is 4.34. The first-order chi connectivity index (χ1) is 8.83. The van der Waals surface area contributed by atoms with E-state index in [-0.39, 0.29) is 6.04 Å². The average molecular weight is 238 g/mol. The Morgan fingerprint density at radius 2 is 1.89 bits per heavy atom. The summed E-state index contributed by atoms with van der Waals surface area (Å²) in [6, 6.07) is 16.2. The molecule has 0 bridgehead atoms. The maximum atomic E-state index is 5.65. The molecule has 0 amide bonds. The third-order valence-electron chi connectivity index (χ3n) is 2.94. The SMILES string of the molecule is Cc1cccc(C2=NC(c3ccccc3)CO2)n1. The standard InChI is InChI=1S/C15H14N2O/c1-11-6-5-9-13(16-11)15-17-14(10-18-15)12-7-3-2-4-8-12/h2-9,14H,10H2,1H3. The van der Waals surface area contributed by atoms with Crippen LogP contribution in [0, 0.1) is 6.92 Å². The highest BCUT2D eigenvalue weighted by atomic mass is 16.5. The van der Waals surface area contributed by atoms with Crippen LogP contribution in [0.5, 0.6) is 0 Å². The summed E-state index contributed by atoms with van der Waals surface area (Å²) in [7, 11) is 0. The average Bonchev–Trinajstić information content (AvgIpc) is 2.89. The Morgan fingerprint density at radius 3 is 2.67 bits per heavy atom. The monoisotopic (exact) mass is 238 g/mol. The van der Waals surface area contributed by atoms with Gasteiger partial charge in [-0.25, -0.2) is 9.98 Å². The van der Waals surface area contributed by atoms with Crippen molar-refractivity contribution in [2.24, 2.45) is 4.99 Å². The topological polar surface area (TPSA) is 34.5 Å². The highest BCUT2D eigenvalue weighted by Gasteiger charge is 2.22. The van der Waals surface area contributed by atoms with Gasteiger partial charge in [-0.3, -0.25) is 0 Å². The molecule has 0 fully saturated rings. The molecule has 2 aromatic rings. The van der Waals surface area contributed by atoms with E-state index in [2.05, 4.69) is 22.1 Å². The van der Waals surface area contributed by atoms with E-state index >= 15 is 0 Å². The quantitative estimate of drug-likeness (QED) is 0.806. The van der Waals surface area contributed by atoms with Gasteiger partial charge < -0.3 is 4.74 Å². The van der Waals surface area contributed by atoms with E-state index in [4.69, 9.17) is 4.74 Å². The molecule has 0 spiro atoms. The molecule has 1 aliphatic rings. The predicted octanol–water partition coefficient (Wildman–Crippen LogP) is 2.91. The zero-order chi connectivity index (χ0) is 12.4. The Labute approximate surface area is 106 Å². The van der Waals surface area contributed by atoms with Crippen LogP contribution in [0.4, 0.5) is 0 Å². The number of ether oxygens (including phenoxy) is 1. The molecule has 0 N–H and O–H groups in total. The van der Waals surface area contributed by atoms with Gasteiger partial charge in [0.25, 0.3) is 0 Å². The minimum Gasteiger partial charge on any atom is -0.474 e. The summed E-state index contributed by atoms with van der Waals surface area (Å²) in [6.45, 7) is 2.56. The van der Waals surface area contributed by atoms with E-state index in [9.17, 15) is 0 Å². The van der Waals surface area contributed by atoms with Gasteiger partial charge in [0.15, 0.2) is 0 Å². The fraction of sp³-hybridized carbons (Fsp3) is 0.200. The van der Waals surface area contributed by atoms with Gasteiger partial charge >= 0.3 is 0 Å². The second kappa shape index (κ2) is 4.61. The van der Waals surface area contributed by atoms with Crippen LogP contribution in [0.3, 0.4) is 0 Å². The lowest BCUT2D eigenvalue weighted by Crippen LogP contribution is -2.04. The van der Waals surface area contributed by atoms with Crippen molar-refractivity contribution in [3.8, 4) is 0 Å². The molecule has 1 aromatic heterocycles. The lowest BCUT2D eigenvalue weighted by Gasteiger charge is -2.03. The van der Waals surface area contributed by atoms with Crippen LogP contribution in [0.2, 0.25) is 0 Å². The molecule has 1 aromatic carbocycles. The van der Waals surface area contributed by atoms with Crippen molar-refractivity contribution in [1.29, 1.82) is 0 Å². The van der Waals surface area contributed by atoms with E-state index in [1.54, 1.807) is 0 Å². The lowest BCUT2D eigenvalue weighted by atomic mass is 10.1. The Bertz CT molecular complexity index is 578. The zero-order valence-corrected chi connectivity index (χ0v) is 10.2. The number of hydrogen-bond donors (Lipinski definition) is 0. The van der Waals surface area contributed by atoms with Crippen LogP contribution in [-0.2, 0) is 4.74 Å². The van der Waals surface area contributed by atoms with E-state index < -0.39 is 0 Å². The highest BCUT2D eigenvalue weighted by molar-refractivity contribution is 5.93. The van der Waals surface area contributed by atoms with E-state index in [0.29, 0.717) is 12.5 Å². The third-order valence-corrected chi connectivity index (χ3v) is 2.94. The van der Waals surface area contributed by atoms with Crippen molar-refractivity contribution in [3.05, 3.63) is 65.5 Å². The molecule has 0 saturated carbocycles. The third kappa shape index (κ3) is 2.12. The smallest absolute Gasteiger partial charge is 0.236 e. The van der Waals surface area contributed by atoms with E-state index in [1.165, 1.54) is 5.56 Å². The summed E-state index contributed by atoms with van der Waals surface area (Å²) in [5, 5.41) is 0. The molecule has 0 aliphatic carbocycles. The molecule has 0 radical (unpaired) electrons. The number of rotatable bonds is 2. The molecule has 0 saturated heterocycles. The molecule has 1 unspecified atom stereocenters. The Morgan fingerprint density at radius 1 is 1.06 bits per heavy atom. The largest absolute Gasteiger partial charge is 0.474 e. The lowest BCUT2D eigenvalue weighted by molar-refractivity contribution is 0.319. The first-order valence-electron chi connectivity index (χ1n) is 6.02. The first kappa shape index (κ1) is 11.0. The van der Waals surface area contributed by atoms with Crippen molar-refractivity contribution in [1.82, 2.24) is 4.98 Å². The second-order valence-corrected chi connectivity index (χ2v) is 4.34. The summed E-state index contributed by atoms with van der Waals surface area (Å²) in [5.41, 5.74) is 2.97. The van der Waals surface area contributed by atoms with Crippen molar-refractivity contribution < 1.29 is 4.74 Å². The van der Waals surface area contributed by atoms with Crippen LogP contribution >= 0.6 is 0 Å². The van der Waals surface area contributed by atoms with Crippen LogP contribution < -0.4 is 0 Å². The molecule has 90 valence electrons. The van der Waals surface area contributed by atoms with Gasteiger partial charge in [0, 0.05) is 5.69 Å². The van der Waals surface area contributed by atoms with Gasteiger partial charge in [-0.1, -0.05) is 36.4 Å². The zero-order valence-electron chi connectivity index (χ0n) is 10.2. The minimum atomic E-state index is 0.0866. The maximum Gasteiger partial charge on any atom is 0.236 e. The number of benzene rings is 1. The Hall–Kier alpha value is -2.16. The maximum absolute atomic E-state index is 5.65. The molecular formula is C15H14N2O. The van der Waals surface area contributed by atoms with Crippen LogP contribution in [0.1, 0.15) is 23.0 Å². The summed E-state index contributed by atoms with van der Waals surface area (Å²) >= 11 is 0. The fourth-order valence-corrected chi connectivity index (χ4v) is 2.02. The molecule has 3 rings (SSSR count). The summed E-state index contributed by atoms with van der Waals surface area (Å²) in [4.78, 5) is 9.03. The Balaban J connectivity index is 1.88. The number of aliphatic imine (C=N–C) groups is 1. The first-order valence-corrected chi connectivity index (χ1v) is 6.02. The summed E-state index contributed by atoms with van der Waals surface area (Å²) in [6.07, 6.45) is 0. The van der Waals surface area contributed by atoms with Gasteiger partial charge in [-0.15, -0.1) is 0 Å². The van der Waals surface area contributed by atoms with Crippen LogP contribution in [-0.4, -0.2) is 17.5 Å². The molecule has 1 aliphatic heterocycles. The minimum absolute atomic E-state index is 0.0866. The predicted molar refractivity (Wildman–Crippen MR) is 70.6 cm³/mol. The van der Waals surface area contributed by atoms with E-state index in [0.717, 1.165) is 11.4 Å². The Kier molecular flexibility index (Phi) is 2.81. The highest BCUT2D eigenvalue weighted by Crippen LogP contribution is 2.24. The number of aryl methyl sites for hydroxylation is 1. The van der Waals surface area contributed by atoms with Gasteiger partial charge in [-0.05, 0) is 24.6 Å². The molecule has 1 atom stereocenters. The molecular weight excluding hydrogens is 224 g/mol. The molecule has 3 nitrogen and oxygen atoms in total. The van der Waals surface area contributed by atoms with Crippen LogP contribution in [0.25, 0.3) is 0 Å². The van der Waals surface area contributed by atoms with Crippen molar-refractivity contribution in [3.63, 3.8) is 0 Å². The van der Waals surface area contributed by atoms with Crippen molar-refractivity contribution in [2.45, 2.75) is 13.0 Å². The van der Waals surface area contributed by atoms with Crippen LogP contribution in [0.15, 0.2) is 53.5 Å². The van der Waals surface area contributed by atoms with Crippen molar-refractivity contribution >= 4 is 5.90 Å². The van der Waals surface area contributed by atoms with Crippen molar-refractivity contribution in [2.75, 3.05) is 6.61 Å².